The van der Waals surface area contributed by atoms with Crippen LogP contribution < -0.4 is 11.1 Å². The zero-order valence-corrected chi connectivity index (χ0v) is 5.56. The SMILES string of the molecule is NC1C[C]2CC[C@@H](C1)N2. The van der Waals surface area contributed by atoms with Crippen molar-refractivity contribution in [3.63, 3.8) is 0 Å². The number of fused-ring (bicyclic) bond motifs is 2. The summed E-state index contributed by atoms with van der Waals surface area (Å²) in [6.07, 6.45) is 4.90. The number of nitrogens with one attached hydrogen (secondary N) is 1. The average Bonchev–Trinajstić information content (AvgIpc) is 2.11. The molecule has 9 heavy (non-hydrogen) atoms. The summed E-state index contributed by atoms with van der Waals surface area (Å²) in [5, 5.41) is 3.46. The normalized spacial score (nSPS) is 43.7. The van der Waals surface area contributed by atoms with Gasteiger partial charge in [-0.15, -0.1) is 0 Å². The summed E-state index contributed by atoms with van der Waals surface area (Å²) in [6.45, 7) is 0. The van der Waals surface area contributed by atoms with E-state index in [1.807, 2.05) is 0 Å². The zero-order chi connectivity index (χ0) is 6.27. The summed E-state index contributed by atoms with van der Waals surface area (Å²) in [6, 6.07) is 2.68. The molecule has 51 valence electrons. The predicted octanol–water partition coefficient (Wildman–Crippen LogP) is 0.391. The number of hydrogen-bond donors (Lipinski definition) is 2. The van der Waals surface area contributed by atoms with Crippen molar-refractivity contribution in [3.05, 3.63) is 6.04 Å². The van der Waals surface area contributed by atoms with E-state index in [2.05, 4.69) is 5.32 Å². The van der Waals surface area contributed by atoms with Crippen LogP contribution in [0.1, 0.15) is 25.7 Å². The molecule has 1 unspecified atom stereocenters. The monoisotopic (exact) mass is 125 g/mol. The third kappa shape index (κ3) is 0.970. The molecule has 2 nitrogen and oxygen atoms in total. The van der Waals surface area contributed by atoms with E-state index in [4.69, 9.17) is 5.73 Å². The van der Waals surface area contributed by atoms with Gasteiger partial charge in [0.05, 0.1) is 0 Å². The van der Waals surface area contributed by atoms with Gasteiger partial charge >= 0.3 is 0 Å². The lowest BCUT2D eigenvalue weighted by Crippen LogP contribution is -2.40. The van der Waals surface area contributed by atoms with Crippen LogP contribution >= 0.6 is 0 Å². The van der Waals surface area contributed by atoms with Crippen LogP contribution in [-0.4, -0.2) is 12.1 Å². The standard InChI is InChI=1S/C7H13N2/c8-5-3-6-1-2-7(4-5)9-6/h5-6,9H,1-4,8H2/t5?,6-/m0/s1. The van der Waals surface area contributed by atoms with Crippen molar-refractivity contribution < 1.29 is 0 Å². The van der Waals surface area contributed by atoms with E-state index in [-0.39, 0.29) is 0 Å². The molecule has 1 radical (unpaired) electrons. The van der Waals surface area contributed by atoms with E-state index < -0.39 is 0 Å². The highest BCUT2D eigenvalue weighted by Crippen LogP contribution is 2.30. The smallest absolute Gasteiger partial charge is 0.0382 e. The molecule has 0 aromatic carbocycles. The second-order valence-electron chi connectivity index (χ2n) is 3.18. The Morgan fingerprint density at radius 2 is 2.44 bits per heavy atom. The molecular weight excluding hydrogens is 112 g/mol. The lowest BCUT2D eigenvalue weighted by atomic mass is 10.0. The highest BCUT2D eigenvalue weighted by atomic mass is 15.0. The maximum absolute atomic E-state index is 5.79. The van der Waals surface area contributed by atoms with Crippen molar-refractivity contribution in [2.75, 3.05) is 0 Å². The quantitative estimate of drug-likeness (QED) is 0.491. The number of nitrogens with two attached hydrogens (primary N) is 1. The topological polar surface area (TPSA) is 38.0 Å². The summed E-state index contributed by atoms with van der Waals surface area (Å²) < 4.78 is 0. The molecule has 3 N–H and O–H groups in total. The molecule has 0 aromatic heterocycles. The Balaban J connectivity index is 2.03. The molecule has 2 fully saturated rings. The lowest BCUT2D eigenvalue weighted by Gasteiger charge is -2.25. The fraction of sp³-hybridized carbons (Fsp3) is 0.857. The van der Waals surface area contributed by atoms with Crippen molar-refractivity contribution in [1.82, 2.24) is 5.32 Å². The van der Waals surface area contributed by atoms with Crippen LogP contribution in [0.3, 0.4) is 0 Å². The molecule has 2 heteroatoms. The van der Waals surface area contributed by atoms with Gasteiger partial charge in [0, 0.05) is 18.1 Å². The molecule has 2 saturated heterocycles. The summed E-state index contributed by atoms with van der Waals surface area (Å²) in [5.41, 5.74) is 5.79. The summed E-state index contributed by atoms with van der Waals surface area (Å²) in [5.74, 6) is 0. The Hall–Kier alpha value is -0.0800. The van der Waals surface area contributed by atoms with Gasteiger partial charge in [0.1, 0.15) is 0 Å². The van der Waals surface area contributed by atoms with Gasteiger partial charge < -0.3 is 11.1 Å². The van der Waals surface area contributed by atoms with Crippen molar-refractivity contribution in [1.29, 1.82) is 0 Å². The van der Waals surface area contributed by atoms with Gasteiger partial charge in [0.2, 0.25) is 0 Å². The summed E-state index contributed by atoms with van der Waals surface area (Å²) in [4.78, 5) is 0. The second kappa shape index (κ2) is 1.96. The van der Waals surface area contributed by atoms with Crippen LogP contribution in [-0.2, 0) is 0 Å². The summed E-state index contributed by atoms with van der Waals surface area (Å²) in [7, 11) is 0. The second-order valence-corrected chi connectivity index (χ2v) is 3.18. The fourth-order valence-corrected chi connectivity index (χ4v) is 1.88. The van der Waals surface area contributed by atoms with Gasteiger partial charge in [-0.2, -0.15) is 0 Å². The summed E-state index contributed by atoms with van der Waals surface area (Å²) >= 11 is 0. The Morgan fingerprint density at radius 1 is 1.56 bits per heavy atom. The van der Waals surface area contributed by atoms with Crippen LogP contribution in [0.4, 0.5) is 0 Å². The Labute approximate surface area is 55.8 Å². The molecular formula is C7H13N2. The number of rotatable bonds is 0. The molecule has 0 aromatic rings. The van der Waals surface area contributed by atoms with Crippen LogP contribution in [0, 0.1) is 6.04 Å². The highest BCUT2D eigenvalue weighted by Gasteiger charge is 2.31. The van der Waals surface area contributed by atoms with Crippen LogP contribution in [0.25, 0.3) is 0 Å². The number of piperidine rings is 1. The third-order valence-corrected chi connectivity index (χ3v) is 2.30. The van der Waals surface area contributed by atoms with Gasteiger partial charge in [-0.1, -0.05) is 0 Å². The average molecular weight is 125 g/mol. The highest BCUT2D eigenvalue weighted by molar-refractivity contribution is 5.05. The van der Waals surface area contributed by atoms with Gasteiger partial charge in [0.15, 0.2) is 0 Å². The first-order chi connectivity index (χ1) is 4.34. The minimum atomic E-state index is 0.453. The largest absolute Gasteiger partial charge is 0.328 e. The molecule has 2 aliphatic heterocycles. The molecule has 2 atom stereocenters. The molecule has 2 rings (SSSR count). The van der Waals surface area contributed by atoms with E-state index in [9.17, 15) is 0 Å². The Kier molecular flexibility index (Phi) is 1.24. The van der Waals surface area contributed by atoms with Gasteiger partial charge in [0.25, 0.3) is 0 Å². The van der Waals surface area contributed by atoms with Crippen LogP contribution in [0.15, 0.2) is 0 Å². The molecule has 0 amide bonds. The first-order valence-corrected chi connectivity index (χ1v) is 3.71. The van der Waals surface area contributed by atoms with Crippen molar-refractivity contribution in [2.24, 2.45) is 5.73 Å². The van der Waals surface area contributed by atoms with Gasteiger partial charge in [-0.3, -0.25) is 0 Å². The predicted molar refractivity (Wildman–Crippen MR) is 36.6 cm³/mol. The van der Waals surface area contributed by atoms with Gasteiger partial charge in [-0.05, 0) is 25.7 Å². The van der Waals surface area contributed by atoms with Crippen LogP contribution in [0.2, 0.25) is 0 Å². The number of hydrogen-bond acceptors (Lipinski definition) is 2. The molecule has 2 heterocycles. The Morgan fingerprint density at radius 3 is 3.22 bits per heavy atom. The van der Waals surface area contributed by atoms with Crippen LogP contribution in [0.5, 0.6) is 0 Å². The molecule has 0 saturated carbocycles. The minimum Gasteiger partial charge on any atom is -0.328 e. The fourth-order valence-electron chi connectivity index (χ4n) is 1.88. The van der Waals surface area contributed by atoms with Gasteiger partial charge in [-0.25, -0.2) is 0 Å². The molecule has 2 aliphatic rings. The van der Waals surface area contributed by atoms with Crippen molar-refractivity contribution in [2.45, 2.75) is 37.8 Å². The van der Waals surface area contributed by atoms with E-state index in [1.54, 1.807) is 0 Å². The Bertz CT molecular complexity index is 101. The maximum Gasteiger partial charge on any atom is 0.0382 e. The first-order valence-electron chi connectivity index (χ1n) is 3.71. The zero-order valence-electron chi connectivity index (χ0n) is 5.56. The molecule has 2 bridgehead atoms. The van der Waals surface area contributed by atoms with E-state index in [1.165, 1.54) is 25.3 Å². The van der Waals surface area contributed by atoms with Crippen molar-refractivity contribution >= 4 is 0 Å². The van der Waals surface area contributed by atoms with Crippen molar-refractivity contribution in [3.8, 4) is 0 Å². The lowest BCUT2D eigenvalue weighted by molar-refractivity contribution is 0.420. The first kappa shape index (κ1) is 5.69. The van der Waals surface area contributed by atoms with E-state index in [0.717, 1.165) is 12.5 Å². The van der Waals surface area contributed by atoms with E-state index >= 15 is 0 Å². The molecule has 0 aliphatic carbocycles. The minimum absolute atomic E-state index is 0.453. The van der Waals surface area contributed by atoms with E-state index in [0.29, 0.717) is 6.04 Å². The maximum atomic E-state index is 5.79. The third-order valence-electron chi connectivity index (χ3n) is 2.30. The molecule has 0 spiro atoms.